The van der Waals surface area contributed by atoms with Crippen molar-refractivity contribution in [1.82, 2.24) is 0 Å². The molecule has 0 aliphatic carbocycles. The lowest BCUT2D eigenvalue weighted by molar-refractivity contribution is 0.0985. The van der Waals surface area contributed by atoms with Crippen molar-refractivity contribution in [2.45, 2.75) is 13.3 Å². The molecule has 0 unspecified atom stereocenters. The zero-order valence-corrected chi connectivity index (χ0v) is 8.26. The summed E-state index contributed by atoms with van der Waals surface area (Å²) in [5.41, 5.74) is 0.381. The second-order valence-electron chi connectivity index (χ2n) is 2.41. The Kier molecular flexibility index (Phi) is 2.87. The largest absolute Gasteiger partial charge is 0.506 e. The van der Waals surface area contributed by atoms with Crippen LogP contribution in [-0.4, -0.2) is 10.9 Å². The van der Waals surface area contributed by atoms with E-state index in [1.165, 1.54) is 0 Å². The molecule has 0 aromatic heterocycles. The van der Waals surface area contributed by atoms with Crippen LogP contribution in [0.3, 0.4) is 0 Å². The third-order valence-corrected chi connectivity index (χ3v) is 2.25. The highest BCUT2D eigenvalue weighted by molar-refractivity contribution is 9.10. The summed E-state index contributed by atoms with van der Waals surface area (Å²) in [6.45, 7) is 1.77. The molecule has 0 heterocycles. The van der Waals surface area contributed by atoms with E-state index >= 15 is 0 Å². The maximum atomic E-state index is 11.2. The minimum atomic E-state index is -0.0474. The van der Waals surface area contributed by atoms with Crippen LogP contribution in [-0.2, 0) is 0 Å². The summed E-state index contributed by atoms with van der Waals surface area (Å²) >= 11 is 3.14. The van der Waals surface area contributed by atoms with Crippen LogP contribution in [0.4, 0.5) is 0 Å². The molecule has 3 heteroatoms. The maximum Gasteiger partial charge on any atom is 0.166 e. The van der Waals surface area contributed by atoms with Crippen LogP contribution in [0.1, 0.15) is 23.7 Å². The number of phenolic OH excluding ortho intramolecular Hbond substituents is 1. The number of carbonyl (C=O) groups excluding carboxylic acids is 1. The molecule has 64 valence electrons. The number of carbonyl (C=O) groups is 1. The van der Waals surface area contributed by atoms with E-state index in [2.05, 4.69) is 15.9 Å². The summed E-state index contributed by atoms with van der Waals surface area (Å²) in [5, 5.41) is 9.43. The monoisotopic (exact) mass is 228 g/mol. The molecule has 1 aromatic rings. The van der Waals surface area contributed by atoms with Gasteiger partial charge in [0, 0.05) is 6.42 Å². The van der Waals surface area contributed by atoms with E-state index < -0.39 is 0 Å². The molecule has 0 saturated carbocycles. The van der Waals surface area contributed by atoms with Crippen molar-refractivity contribution in [1.29, 1.82) is 0 Å². The Labute approximate surface area is 79.3 Å². The molecule has 0 spiro atoms. The third kappa shape index (κ3) is 1.67. The van der Waals surface area contributed by atoms with Gasteiger partial charge in [-0.05, 0) is 28.1 Å². The van der Waals surface area contributed by atoms with Crippen molar-refractivity contribution in [3.05, 3.63) is 28.2 Å². The first kappa shape index (κ1) is 9.26. The first-order valence-corrected chi connectivity index (χ1v) is 4.46. The molecule has 1 N–H and O–H groups in total. The van der Waals surface area contributed by atoms with E-state index in [4.69, 9.17) is 0 Å². The van der Waals surface area contributed by atoms with E-state index in [9.17, 15) is 9.90 Å². The lowest BCUT2D eigenvalue weighted by Crippen LogP contribution is -1.96. The fourth-order valence-corrected chi connectivity index (χ4v) is 1.30. The van der Waals surface area contributed by atoms with Crippen LogP contribution in [0, 0.1) is 0 Å². The van der Waals surface area contributed by atoms with Gasteiger partial charge in [-0.2, -0.15) is 0 Å². The number of rotatable bonds is 2. The number of halogens is 1. The Hall–Kier alpha value is -0.830. The first-order chi connectivity index (χ1) is 5.66. The van der Waals surface area contributed by atoms with Gasteiger partial charge in [0.25, 0.3) is 0 Å². The predicted molar refractivity (Wildman–Crippen MR) is 50.4 cm³/mol. The molecule has 2 nitrogen and oxygen atoms in total. The minimum absolute atomic E-state index is 0.0318. The average molecular weight is 229 g/mol. The highest BCUT2D eigenvalue weighted by Crippen LogP contribution is 2.27. The molecule has 0 saturated heterocycles. The molecule has 1 aromatic carbocycles. The first-order valence-electron chi connectivity index (χ1n) is 3.67. The quantitative estimate of drug-likeness (QED) is 0.791. The highest BCUT2D eigenvalue weighted by atomic mass is 79.9. The van der Waals surface area contributed by atoms with E-state index in [1.807, 2.05) is 0 Å². The van der Waals surface area contributed by atoms with Gasteiger partial charge in [0.2, 0.25) is 0 Å². The zero-order chi connectivity index (χ0) is 9.14. The van der Waals surface area contributed by atoms with Crippen molar-refractivity contribution < 1.29 is 9.90 Å². The molecule has 0 fully saturated rings. The summed E-state index contributed by atoms with van der Waals surface area (Å²) in [4.78, 5) is 11.2. The lowest BCUT2D eigenvalue weighted by Gasteiger charge is -2.02. The number of para-hydroxylation sites is 1. The van der Waals surface area contributed by atoms with Crippen molar-refractivity contribution in [2.24, 2.45) is 0 Å². The number of Topliss-reactive ketones (excluding diaryl/α,β-unsaturated/α-hetero) is 1. The molecule has 0 atom stereocenters. The van der Waals surface area contributed by atoms with Gasteiger partial charge in [0.15, 0.2) is 5.78 Å². The summed E-state index contributed by atoms with van der Waals surface area (Å²) in [5.74, 6) is -0.0156. The number of phenols is 1. The summed E-state index contributed by atoms with van der Waals surface area (Å²) in [6, 6.07) is 5.04. The standard InChI is InChI=1S/C9H9BrO2/c1-2-8(11)6-4-3-5-7(10)9(6)12/h3-5,12H,2H2,1H3. The van der Waals surface area contributed by atoms with Gasteiger partial charge in [0.1, 0.15) is 5.75 Å². The number of benzene rings is 1. The number of aromatic hydroxyl groups is 1. The number of hydrogen-bond acceptors (Lipinski definition) is 2. The number of hydrogen-bond donors (Lipinski definition) is 1. The van der Waals surface area contributed by atoms with Gasteiger partial charge >= 0.3 is 0 Å². The van der Waals surface area contributed by atoms with Crippen LogP contribution in [0.2, 0.25) is 0 Å². The summed E-state index contributed by atoms with van der Waals surface area (Å²) < 4.78 is 0.557. The molecule has 0 bridgehead atoms. The third-order valence-electron chi connectivity index (χ3n) is 1.61. The Morgan fingerprint density at radius 3 is 2.83 bits per heavy atom. The molecule has 0 amide bonds. The topological polar surface area (TPSA) is 37.3 Å². The van der Waals surface area contributed by atoms with E-state index in [1.54, 1.807) is 25.1 Å². The van der Waals surface area contributed by atoms with Crippen LogP contribution in [0.5, 0.6) is 5.75 Å². The van der Waals surface area contributed by atoms with Gasteiger partial charge in [-0.1, -0.05) is 13.0 Å². The van der Waals surface area contributed by atoms with Gasteiger partial charge in [-0.3, -0.25) is 4.79 Å². The van der Waals surface area contributed by atoms with E-state index in [-0.39, 0.29) is 11.5 Å². The van der Waals surface area contributed by atoms with Crippen LogP contribution in [0.15, 0.2) is 22.7 Å². The Morgan fingerprint density at radius 2 is 2.25 bits per heavy atom. The van der Waals surface area contributed by atoms with Gasteiger partial charge < -0.3 is 5.11 Å². The van der Waals surface area contributed by atoms with Gasteiger partial charge in [0.05, 0.1) is 10.0 Å². The summed E-state index contributed by atoms with van der Waals surface area (Å²) in [6.07, 6.45) is 0.407. The van der Waals surface area contributed by atoms with Crippen molar-refractivity contribution in [2.75, 3.05) is 0 Å². The lowest BCUT2D eigenvalue weighted by atomic mass is 10.1. The fraction of sp³-hybridized carbons (Fsp3) is 0.222. The number of ketones is 1. The fourth-order valence-electron chi connectivity index (χ4n) is 0.931. The van der Waals surface area contributed by atoms with Crippen LogP contribution >= 0.6 is 15.9 Å². The van der Waals surface area contributed by atoms with E-state index in [0.29, 0.717) is 16.5 Å². The second-order valence-corrected chi connectivity index (χ2v) is 3.27. The second kappa shape index (κ2) is 3.72. The van der Waals surface area contributed by atoms with Crippen molar-refractivity contribution in [3.8, 4) is 5.75 Å². The van der Waals surface area contributed by atoms with Crippen molar-refractivity contribution >= 4 is 21.7 Å². The molecule has 0 radical (unpaired) electrons. The van der Waals surface area contributed by atoms with E-state index in [0.717, 1.165) is 0 Å². The molecule has 12 heavy (non-hydrogen) atoms. The zero-order valence-electron chi connectivity index (χ0n) is 6.67. The SMILES string of the molecule is CCC(=O)c1cccc(Br)c1O. The molecule has 0 aliphatic heterocycles. The molecule has 0 aliphatic rings. The predicted octanol–water partition coefficient (Wildman–Crippen LogP) is 2.75. The normalized spacial score (nSPS) is 9.83. The van der Waals surface area contributed by atoms with Crippen LogP contribution in [0.25, 0.3) is 0 Å². The van der Waals surface area contributed by atoms with Crippen LogP contribution < -0.4 is 0 Å². The van der Waals surface area contributed by atoms with Gasteiger partial charge in [-0.15, -0.1) is 0 Å². The minimum Gasteiger partial charge on any atom is -0.506 e. The Bertz CT molecular complexity index is 307. The van der Waals surface area contributed by atoms with Gasteiger partial charge in [-0.25, -0.2) is 0 Å². The highest BCUT2D eigenvalue weighted by Gasteiger charge is 2.10. The summed E-state index contributed by atoms with van der Waals surface area (Å²) in [7, 11) is 0. The Morgan fingerprint density at radius 1 is 1.58 bits per heavy atom. The van der Waals surface area contributed by atoms with Crippen molar-refractivity contribution in [3.63, 3.8) is 0 Å². The molecular weight excluding hydrogens is 220 g/mol. The Balaban J connectivity index is 3.16. The molecule has 1 rings (SSSR count). The smallest absolute Gasteiger partial charge is 0.166 e. The maximum absolute atomic E-state index is 11.2. The molecular formula is C9H9BrO2. The average Bonchev–Trinajstić information content (AvgIpc) is 2.08.